The van der Waals surface area contributed by atoms with Crippen LogP contribution in [0.3, 0.4) is 0 Å². The zero-order valence-corrected chi connectivity index (χ0v) is 15.2. The van der Waals surface area contributed by atoms with Crippen LogP contribution >= 0.6 is 0 Å². The lowest BCUT2D eigenvalue weighted by Gasteiger charge is -2.35. The third-order valence-corrected chi connectivity index (χ3v) is 5.44. The molecule has 138 valence electrons. The smallest absolute Gasteiger partial charge is 0.236 e. The second kappa shape index (κ2) is 8.68. The fourth-order valence-electron chi connectivity index (χ4n) is 3.80. The maximum atomic E-state index is 12.4. The number of hydrogen-bond donors (Lipinski definition) is 1. The minimum absolute atomic E-state index is 0.156. The van der Waals surface area contributed by atoms with E-state index in [-0.39, 0.29) is 12.0 Å². The molecule has 25 heavy (non-hydrogen) atoms. The summed E-state index contributed by atoms with van der Waals surface area (Å²) in [6.07, 6.45) is 4.75. The Balaban J connectivity index is 1.36. The summed E-state index contributed by atoms with van der Waals surface area (Å²) in [5, 5.41) is 9.34. The molecule has 0 spiro atoms. The van der Waals surface area contributed by atoms with Gasteiger partial charge in [0.05, 0.1) is 19.3 Å². The van der Waals surface area contributed by atoms with E-state index in [0.29, 0.717) is 18.9 Å². The monoisotopic (exact) mass is 346 g/mol. The average molecular weight is 346 g/mol. The molecule has 1 aromatic rings. The second-order valence-electron chi connectivity index (χ2n) is 7.45. The number of nitrogens with zero attached hydrogens (tertiary/aromatic N) is 2. The zero-order chi connectivity index (χ0) is 17.6. The van der Waals surface area contributed by atoms with Crippen LogP contribution in [-0.4, -0.2) is 66.2 Å². The van der Waals surface area contributed by atoms with Gasteiger partial charge in [-0.2, -0.15) is 0 Å². The molecule has 0 bridgehead atoms. The van der Waals surface area contributed by atoms with E-state index >= 15 is 0 Å². The Morgan fingerprint density at radius 1 is 1.20 bits per heavy atom. The summed E-state index contributed by atoms with van der Waals surface area (Å²) >= 11 is 0. The number of morpholine rings is 1. The van der Waals surface area contributed by atoms with Gasteiger partial charge in [-0.1, -0.05) is 12.1 Å². The van der Waals surface area contributed by atoms with Crippen molar-refractivity contribution in [3.05, 3.63) is 29.8 Å². The van der Waals surface area contributed by atoms with Crippen molar-refractivity contribution in [3.8, 4) is 5.75 Å². The predicted molar refractivity (Wildman–Crippen MR) is 97.6 cm³/mol. The Kier molecular flexibility index (Phi) is 6.32. The molecule has 2 saturated heterocycles. The number of aryl methyl sites for hydroxylation is 1. The van der Waals surface area contributed by atoms with Crippen molar-refractivity contribution in [1.82, 2.24) is 9.80 Å². The summed E-state index contributed by atoms with van der Waals surface area (Å²) < 4.78 is 5.51. The van der Waals surface area contributed by atoms with Gasteiger partial charge < -0.3 is 14.7 Å². The molecule has 0 saturated carbocycles. The molecule has 2 aliphatic rings. The van der Waals surface area contributed by atoms with Crippen LogP contribution in [0, 0.1) is 5.92 Å². The highest BCUT2D eigenvalue weighted by Gasteiger charge is 2.25. The van der Waals surface area contributed by atoms with E-state index in [0.717, 1.165) is 38.5 Å². The van der Waals surface area contributed by atoms with Crippen molar-refractivity contribution < 1.29 is 14.6 Å². The van der Waals surface area contributed by atoms with Gasteiger partial charge in [0.15, 0.2) is 0 Å². The Labute approximate surface area is 150 Å². The molecule has 1 atom stereocenters. The topological polar surface area (TPSA) is 53.0 Å². The van der Waals surface area contributed by atoms with Crippen LogP contribution in [0.1, 0.15) is 31.7 Å². The molecular weight excluding hydrogens is 316 g/mol. The first-order valence-electron chi connectivity index (χ1n) is 9.50. The van der Waals surface area contributed by atoms with Crippen LogP contribution < -0.4 is 0 Å². The van der Waals surface area contributed by atoms with Crippen LogP contribution in [-0.2, 0) is 16.0 Å². The third kappa shape index (κ3) is 5.44. The Morgan fingerprint density at radius 2 is 1.92 bits per heavy atom. The molecule has 5 nitrogen and oxygen atoms in total. The number of rotatable bonds is 5. The second-order valence-corrected chi connectivity index (χ2v) is 7.45. The lowest BCUT2D eigenvalue weighted by atomic mass is 9.90. The molecule has 1 amide bonds. The summed E-state index contributed by atoms with van der Waals surface area (Å²) in [6, 6.07) is 7.53. The van der Waals surface area contributed by atoms with Gasteiger partial charge in [0.1, 0.15) is 5.75 Å². The average Bonchev–Trinajstić information content (AvgIpc) is 2.62. The van der Waals surface area contributed by atoms with Crippen molar-refractivity contribution in [2.45, 2.75) is 38.7 Å². The van der Waals surface area contributed by atoms with E-state index in [1.54, 1.807) is 12.1 Å². The highest BCUT2D eigenvalue weighted by molar-refractivity contribution is 5.78. The zero-order valence-electron chi connectivity index (χ0n) is 15.2. The van der Waals surface area contributed by atoms with Crippen molar-refractivity contribution in [2.75, 3.05) is 39.3 Å². The van der Waals surface area contributed by atoms with E-state index in [1.807, 2.05) is 24.0 Å². The van der Waals surface area contributed by atoms with Crippen LogP contribution in [0.2, 0.25) is 0 Å². The van der Waals surface area contributed by atoms with E-state index in [1.165, 1.54) is 24.8 Å². The number of piperidine rings is 1. The lowest BCUT2D eigenvalue weighted by molar-refractivity contribution is -0.139. The molecule has 1 aromatic carbocycles. The van der Waals surface area contributed by atoms with Crippen molar-refractivity contribution in [1.29, 1.82) is 0 Å². The molecule has 1 N–H and O–H groups in total. The number of carbonyl (C=O) groups is 1. The largest absolute Gasteiger partial charge is 0.508 e. The van der Waals surface area contributed by atoms with Crippen molar-refractivity contribution >= 4 is 5.91 Å². The van der Waals surface area contributed by atoms with Crippen LogP contribution in [0.15, 0.2) is 24.3 Å². The molecule has 0 radical (unpaired) electrons. The fourth-order valence-corrected chi connectivity index (χ4v) is 3.80. The molecule has 1 unspecified atom stereocenters. The number of ether oxygens (including phenoxy) is 1. The number of hydrogen-bond acceptors (Lipinski definition) is 4. The van der Waals surface area contributed by atoms with Crippen molar-refractivity contribution in [2.24, 2.45) is 5.92 Å². The number of benzene rings is 1. The molecule has 2 fully saturated rings. The van der Waals surface area contributed by atoms with Crippen LogP contribution in [0.4, 0.5) is 0 Å². The summed E-state index contributed by atoms with van der Waals surface area (Å²) in [5.74, 6) is 1.32. The molecule has 5 heteroatoms. The Hall–Kier alpha value is -1.59. The van der Waals surface area contributed by atoms with Crippen LogP contribution in [0.5, 0.6) is 5.75 Å². The van der Waals surface area contributed by atoms with Gasteiger partial charge in [-0.15, -0.1) is 0 Å². The number of carbonyl (C=O) groups excluding carboxylic acids is 1. The highest BCUT2D eigenvalue weighted by atomic mass is 16.5. The summed E-state index contributed by atoms with van der Waals surface area (Å²) in [6.45, 7) is 6.73. The number of amides is 1. The normalized spacial score (nSPS) is 22.9. The molecule has 2 aliphatic heterocycles. The number of likely N-dealkylation sites (tertiary alicyclic amines) is 1. The van der Waals surface area contributed by atoms with Gasteiger partial charge in [0, 0.05) is 13.1 Å². The molecule has 3 rings (SSSR count). The first-order valence-corrected chi connectivity index (χ1v) is 9.50. The van der Waals surface area contributed by atoms with Gasteiger partial charge >= 0.3 is 0 Å². The quantitative estimate of drug-likeness (QED) is 0.889. The van der Waals surface area contributed by atoms with Gasteiger partial charge in [-0.3, -0.25) is 9.69 Å². The summed E-state index contributed by atoms with van der Waals surface area (Å²) in [5.41, 5.74) is 1.29. The van der Waals surface area contributed by atoms with Gasteiger partial charge in [0.2, 0.25) is 5.91 Å². The minimum atomic E-state index is 0.156. The van der Waals surface area contributed by atoms with E-state index < -0.39 is 0 Å². The molecule has 0 aliphatic carbocycles. The maximum absolute atomic E-state index is 12.4. The van der Waals surface area contributed by atoms with Crippen molar-refractivity contribution in [3.63, 3.8) is 0 Å². The lowest BCUT2D eigenvalue weighted by Crippen LogP contribution is -2.49. The first-order chi connectivity index (χ1) is 12.1. The maximum Gasteiger partial charge on any atom is 0.236 e. The van der Waals surface area contributed by atoms with E-state index in [9.17, 15) is 9.90 Å². The third-order valence-electron chi connectivity index (χ3n) is 5.44. The molecule has 0 aromatic heterocycles. The Bertz CT molecular complexity index is 553. The predicted octanol–water partition coefficient (Wildman–Crippen LogP) is 2.28. The number of phenolic OH excluding ortho intramolecular Hbond substituents is 1. The van der Waals surface area contributed by atoms with E-state index in [4.69, 9.17) is 4.74 Å². The van der Waals surface area contributed by atoms with Gasteiger partial charge in [0.25, 0.3) is 0 Å². The fraction of sp³-hybridized carbons (Fsp3) is 0.650. The minimum Gasteiger partial charge on any atom is -0.508 e. The molecular formula is C20H30N2O3. The SMILES string of the molecule is CC1CN(C(=O)CN2CCC(CCc3ccc(O)cc3)CC2)CCO1. The van der Waals surface area contributed by atoms with E-state index in [2.05, 4.69) is 4.90 Å². The molecule has 2 heterocycles. The first kappa shape index (κ1) is 18.2. The number of aromatic hydroxyl groups is 1. The summed E-state index contributed by atoms with van der Waals surface area (Å²) in [7, 11) is 0. The standard InChI is InChI=1S/C20H30N2O3/c1-16-14-22(12-13-25-16)20(24)15-21-10-8-18(9-11-21)3-2-17-4-6-19(23)7-5-17/h4-7,16,18,23H,2-3,8-15H2,1H3. The van der Waals surface area contributed by atoms with Gasteiger partial charge in [-0.25, -0.2) is 0 Å². The Morgan fingerprint density at radius 3 is 2.60 bits per heavy atom. The summed E-state index contributed by atoms with van der Waals surface area (Å²) in [4.78, 5) is 16.7. The highest BCUT2D eigenvalue weighted by Crippen LogP contribution is 2.23. The van der Waals surface area contributed by atoms with Crippen LogP contribution in [0.25, 0.3) is 0 Å². The van der Waals surface area contributed by atoms with Gasteiger partial charge in [-0.05, 0) is 69.3 Å². The number of phenols is 1.